The van der Waals surface area contributed by atoms with Crippen LogP contribution >= 0.6 is 0 Å². The molecule has 2 fully saturated rings. The Kier molecular flexibility index (Phi) is 9.47. The van der Waals surface area contributed by atoms with Gasteiger partial charge in [-0.1, -0.05) is 6.92 Å². The molecule has 0 aliphatic carbocycles. The van der Waals surface area contributed by atoms with Crippen LogP contribution in [0.3, 0.4) is 0 Å². The summed E-state index contributed by atoms with van der Waals surface area (Å²) in [5.41, 5.74) is -0.318. The average Bonchev–Trinajstić information content (AvgIpc) is 3.64. The van der Waals surface area contributed by atoms with Crippen LogP contribution in [0.5, 0.6) is 23.0 Å². The number of ether oxygens (including phenoxy) is 1. The number of hydrogen-bond acceptors (Lipinski definition) is 11. The Labute approximate surface area is 267 Å². The number of epoxide rings is 1. The second kappa shape index (κ2) is 13.2. The zero-order valence-corrected chi connectivity index (χ0v) is 25.5. The first-order chi connectivity index (χ1) is 22.2. The van der Waals surface area contributed by atoms with E-state index >= 15 is 0 Å². The standard InChI is InChI=1S/C31H36F2N4O10/c1-13-17(24(31(45)46)37-23(13)20(14(2)38)27-30(37)47-27)12-36(11-9-35-29(44)16-5-7-19(40)26(42)22(16)33)10-3-8-34-28(43)15-4-6-18(39)25(41)21(15)32/h4-7,13-14,20,23,27,30,38-42H,3,8-12H2,1-2H3,(H,34,43)(H,35,44)(H,45,46)/t13?,14?,20?,23-,27?,30?/m1/s1. The molecule has 2 aromatic carbocycles. The lowest BCUT2D eigenvalue weighted by Gasteiger charge is -2.31. The molecule has 254 valence electrons. The van der Waals surface area contributed by atoms with E-state index in [2.05, 4.69) is 10.6 Å². The molecular formula is C31H36F2N4O10. The number of phenols is 4. The van der Waals surface area contributed by atoms with E-state index in [1.54, 1.807) is 11.8 Å². The van der Waals surface area contributed by atoms with Crippen molar-refractivity contribution in [3.05, 3.63) is 58.3 Å². The van der Waals surface area contributed by atoms with Gasteiger partial charge in [-0.3, -0.25) is 14.5 Å². The van der Waals surface area contributed by atoms with Gasteiger partial charge in [0.1, 0.15) is 11.8 Å². The maximum atomic E-state index is 14.4. The molecule has 0 saturated carbocycles. The smallest absolute Gasteiger partial charge is 0.352 e. The Morgan fingerprint density at radius 3 is 2.02 bits per heavy atom. The number of rotatable bonds is 13. The monoisotopic (exact) mass is 662 g/mol. The fourth-order valence-electron chi connectivity index (χ4n) is 6.63. The highest BCUT2D eigenvalue weighted by molar-refractivity contribution is 5.95. The molecule has 3 aliphatic heterocycles. The zero-order valence-electron chi connectivity index (χ0n) is 25.5. The minimum absolute atomic E-state index is 0.0361. The Balaban J connectivity index is 1.29. The summed E-state index contributed by atoms with van der Waals surface area (Å²) in [5, 5.41) is 63.9. The van der Waals surface area contributed by atoms with E-state index in [1.807, 2.05) is 11.8 Å². The average molecular weight is 663 g/mol. The summed E-state index contributed by atoms with van der Waals surface area (Å²) in [5.74, 6) is -9.57. The number of fused-ring (bicyclic) bond motifs is 3. The third-order valence-corrected chi connectivity index (χ3v) is 8.98. The molecule has 5 rings (SSSR count). The van der Waals surface area contributed by atoms with E-state index in [0.29, 0.717) is 5.57 Å². The van der Waals surface area contributed by atoms with Crippen molar-refractivity contribution in [3.63, 3.8) is 0 Å². The predicted molar refractivity (Wildman–Crippen MR) is 158 cm³/mol. The second-order valence-corrected chi connectivity index (χ2v) is 11.9. The summed E-state index contributed by atoms with van der Waals surface area (Å²) in [4.78, 5) is 41.2. The molecule has 3 aliphatic rings. The molecule has 0 bridgehead atoms. The van der Waals surface area contributed by atoms with Crippen LogP contribution in [-0.4, -0.2) is 115 Å². The van der Waals surface area contributed by atoms with Crippen molar-refractivity contribution in [1.82, 2.24) is 20.4 Å². The van der Waals surface area contributed by atoms with E-state index in [0.717, 1.165) is 24.3 Å². The topological polar surface area (TPSA) is 216 Å². The van der Waals surface area contributed by atoms with Crippen molar-refractivity contribution in [3.8, 4) is 23.0 Å². The number of hydrogen-bond donors (Lipinski definition) is 8. The normalized spacial score (nSPS) is 23.4. The Hall–Kier alpha value is -4.67. The van der Waals surface area contributed by atoms with Gasteiger partial charge in [-0.05, 0) is 43.2 Å². The van der Waals surface area contributed by atoms with Gasteiger partial charge in [0.15, 0.2) is 40.9 Å². The Morgan fingerprint density at radius 1 is 0.936 bits per heavy atom. The maximum Gasteiger partial charge on any atom is 0.352 e. The first kappa shape index (κ1) is 33.7. The minimum atomic E-state index is -1.29. The molecule has 2 amide bonds. The van der Waals surface area contributed by atoms with Crippen LogP contribution in [0, 0.1) is 23.5 Å². The number of carboxylic acids is 1. The number of aliphatic hydroxyl groups is 1. The van der Waals surface area contributed by atoms with Gasteiger partial charge < -0.3 is 50.9 Å². The molecule has 3 heterocycles. The Bertz CT molecular complexity index is 1620. The molecule has 5 unspecified atom stereocenters. The summed E-state index contributed by atoms with van der Waals surface area (Å²) in [7, 11) is 0. The van der Waals surface area contributed by atoms with Gasteiger partial charge in [0, 0.05) is 50.6 Å². The number of aliphatic carboxylic acids is 1. The van der Waals surface area contributed by atoms with Crippen molar-refractivity contribution in [2.24, 2.45) is 11.8 Å². The van der Waals surface area contributed by atoms with Crippen molar-refractivity contribution in [2.45, 2.75) is 44.7 Å². The lowest BCUT2D eigenvalue weighted by Crippen LogP contribution is -2.42. The number of aliphatic hydroxyl groups excluding tert-OH is 1. The highest BCUT2D eigenvalue weighted by atomic mass is 19.1. The van der Waals surface area contributed by atoms with Crippen molar-refractivity contribution in [1.29, 1.82) is 0 Å². The number of carbonyl (C=O) groups is 3. The van der Waals surface area contributed by atoms with Crippen LogP contribution in [0.2, 0.25) is 0 Å². The SMILES string of the molecule is CC(O)C1C2OC2N2C(C(=O)O)=C(CN(CCCNC(=O)c3ccc(O)c(O)c3F)CCNC(=O)c3ccc(O)c(O)c3F)C(C)[C@H]12. The molecule has 0 radical (unpaired) electrons. The molecular weight excluding hydrogens is 626 g/mol. The van der Waals surface area contributed by atoms with Crippen LogP contribution in [0.25, 0.3) is 0 Å². The molecule has 2 aromatic rings. The fourth-order valence-corrected chi connectivity index (χ4v) is 6.63. The summed E-state index contributed by atoms with van der Waals surface area (Å²) >= 11 is 0. The zero-order chi connectivity index (χ0) is 34.3. The molecule has 47 heavy (non-hydrogen) atoms. The van der Waals surface area contributed by atoms with Crippen molar-refractivity contribution in [2.75, 3.05) is 32.7 Å². The van der Waals surface area contributed by atoms with Crippen molar-refractivity contribution < 1.29 is 58.5 Å². The summed E-state index contributed by atoms with van der Waals surface area (Å²) in [6.45, 7) is 4.04. The third kappa shape index (κ3) is 6.35. The van der Waals surface area contributed by atoms with E-state index in [4.69, 9.17) is 4.74 Å². The minimum Gasteiger partial charge on any atom is -0.504 e. The highest BCUT2D eigenvalue weighted by Gasteiger charge is 2.67. The first-order valence-electron chi connectivity index (χ1n) is 15.0. The predicted octanol–water partition coefficient (Wildman–Crippen LogP) is 1.03. The highest BCUT2D eigenvalue weighted by Crippen LogP contribution is 2.55. The number of carbonyl (C=O) groups excluding carboxylic acids is 2. The van der Waals surface area contributed by atoms with Gasteiger partial charge in [0.2, 0.25) is 0 Å². The van der Waals surface area contributed by atoms with Crippen LogP contribution in [0.1, 0.15) is 41.0 Å². The molecule has 14 nitrogen and oxygen atoms in total. The van der Waals surface area contributed by atoms with E-state index in [-0.39, 0.29) is 68.8 Å². The maximum absolute atomic E-state index is 14.4. The number of aromatic hydroxyl groups is 4. The Morgan fingerprint density at radius 2 is 1.49 bits per heavy atom. The van der Waals surface area contributed by atoms with E-state index in [9.17, 15) is 53.8 Å². The van der Waals surface area contributed by atoms with Crippen LogP contribution < -0.4 is 10.6 Å². The largest absolute Gasteiger partial charge is 0.504 e. The lowest BCUT2D eigenvalue weighted by molar-refractivity contribution is -0.135. The van der Waals surface area contributed by atoms with Gasteiger partial charge in [-0.15, -0.1) is 0 Å². The summed E-state index contributed by atoms with van der Waals surface area (Å²) in [6, 6.07) is 3.69. The lowest BCUT2D eigenvalue weighted by atomic mass is 9.84. The molecule has 8 N–H and O–H groups in total. The van der Waals surface area contributed by atoms with Crippen LogP contribution in [0.15, 0.2) is 35.5 Å². The summed E-state index contributed by atoms with van der Waals surface area (Å²) in [6.07, 6.45) is -1.18. The van der Waals surface area contributed by atoms with Crippen molar-refractivity contribution >= 4 is 17.8 Å². The van der Waals surface area contributed by atoms with Crippen LogP contribution in [-0.2, 0) is 9.53 Å². The molecule has 6 atom stereocenters. The molecule has 16 heteroatoms. The second-order valence-electron chi connectivity index (χ2n) is 11.9. The fraction of sp³-hybridized carbons (Fsp3) is 0.452. The number of phenolic OH excluding ortho intramolecular Hbond substituents is 4. The number of benzene rings is 2. The summed E-state index contributed by atoms with van der Waals surface area (Å²) < 4.78 is 34.3. The number of nitrogens with one attached hydrogen (secondary N) is 2. The van der Waals surface area contributed by atoms with Gasteiger partial charge >= 0.3 is 5.97 Å². The number of amides is 2. The molecule has 2 saturated heterocycles. The van der Waals surface area contributed by atoms with Gasteiger partial charge in [-0.2, -0.15) is 0 Å². The molecule has 0 aromatic heterocycles. The van der Waals surface area contributed by atoms with Gasteiger partial charge in [0.25, 0.3) is 11.8 Å². The van der Waals surface area contributed by atoms with E-state index in [1.165, 1.54) is 0 Å². The number of halogens is 2. The van der Waals surface area contributed by atoms with Crippen LogP contribution in [0.4, 0.5) is 8.78 Å². The number of nitrogens with zero attached hydrogens (tertiary/aromatic N) is 2. The quantitative estimate of drug-likeness (QED) is 0.0858. The molecule has 0 spiro atoms. The third-order valence-electron chi connectivity index (χ3n) is 8.98. The van der Waals surface area contributed by atoms with E-state index < -0.39 is 75.9 Å². The van der Waals surface area contributed by atoms with Gasteiger partial charge in [0.05, 0.1) is 17.2 Å². The number of carboxylic acid groups (broad SMARTS) is 1. The van der Waals surface area contributed by atoms with Gasteiger partial charge in [-0.25, -0.2) is 13.6 Å². The first-order valence-corrected chi connectivity index (χ1v) is 15.0.